The van der Waals surface area contributed by atoms with E-state index in [2.05, 4.69) is 11.2 Å². The number of anilines is 1. The Morgan fingerprint density at radius 3 is 2.81 bits per heavy atom. The van der Waals surface area contributed by atoms with Crippen molar-refractivity contribution in [2.75, 3.05) is 18.2 Å². The highest BCUT2D eigenvalue weighted by molar-refractivity contribution is 6.18. The number of carbonyl (C=O) groups excluding carboxylic acids is 1. The Labute approximate surface area is 129 Å². The van der Waals surface area contributed by atoms with Gasteiger partial charge in [0, 0.05) is 25.7 Å². The van der Waals surface area contributed by atoms with Crippen LogP contribution in [0.3, 0.4) is 0 Å². The van der Waals surface area contributed by atoms with E-state index in [9.17, 15) is 4.79 Å². The normalized spacial score (nSPS) is 20.5. The summed E-state index contributed by atoms with van der Waals surface area (Å²) in [6, 6.07) is 4.57. The molecule has 21 heavy (non-hydrogen) atoms. The predicted octanol–water partition coefficient (Wildman–Crippen LogP) is 2.90. The van der Waals surface area contributed by atoms with Gasteiger partial charge in [0.15, 0.2) is 11.5 Å². The summed E-state index contributed by atoms with van der Waals surface area (Å²) in [5, 5.41) is 2.75. The van der Waals surface area contributed by atoms with E-state index in [4.69, 9.17) is 27.5 Å². The Morgan fingerprint density at radius 1 is 1.52 bits per heavy atom. The number of rotatable bonds is 3. The quantitative estimate of drug-likeness (QED) is 0.690. The number of nitrogens with zero attached hydrogens (tertiary/aromatic N) is 1. The molecule has 0 aliphatic carbocycles. The standard InChI is InChI=1S/C15H17ClN2O3/c1-5-10(2)18(4)14(19)17-11-6-7-12-13(8-11)21-15(3,9-16)20-12/h1,6-8,10H,9H2,2-4H3,(H,17,19). The number of amides is 2. The molecule has 0 spiro atoms. The lowest BCUT2D eigenvalue weighted by atomic mass is 10.3. The lowest BCUT2D eigenvalue weighted by Gasteiger charge is -2.21. The second-order valence-corrected chi connectivity index (χ2v) is 5.28. The lowest BCUT2D eigenvalue weighted by Crippen LogP contribution is -2.37. The van der Waals surface area contributed by atoms with Gasteiger partial charge >= 0.3 is 6.03 Å². The zero-order chi connectivity index (χ0) is 15.6. The number of benzene rings is 1. The number of nitrogens with one attached hydrogen (secondary N) is 1. The van der Waals surface area contributed by atoms with E-state index in [1.165, 1.54) is 4.90 Å². The molecular weight excluding hydrogens is 292 g/mol. The number of hydrogen-bond donors (Lipinski definition) is 1. The van der Waals surface area contributed by atoms with E-state index in [1.54, 1.807) is 39.1 Å². The third-order valence-corrected chi connectivity index (χ3v) is 3.72. The van der Waals surface area contributed by atoms with E-state index < -0.39 is 5.79 Å². The summed E-state index contributed by atoms with van der Waals surface area (Å²) in [5.41, 5.74) is 0.595. The molecule has 6 heteroatoms. The van der Waals surface area contributed by atoms with Crippen molar-refractivity contribution in [2.24, 2.45) is 0 Å². The molecule has 112 valence electrons. The van der Waals surface area contributed by atoms with Gasteiger partial charge in [0.2, 0.25) is 0 Å². The number of alkyl halides is 1. The average Bonchev–Trinajstić information content (AvgIpc) is 2.81. The number of ether oxygens (including phenoxy) is 2. The fourth-order valence-electron chi connectivity index (χ4n) is 1.79. The van der Waals surface area contributed by atoms with Crippen molar-refractivity contribution in [3.63, 3.8) is 0 Å². The Hall–Kier alpha value is -2.06. The molecule has 0 saturated carbocycles. The van der Waals surface area contributed by atoms with Crippen molar-refractivity contribution in [2.45, 2.75) is 25.7 Å². The zero-order valence-electron chi connectivity index (χ0n) is 12.1. The first-order valence-electron chi connectivity index (χ1n) is 6.46. The van der Waals surface area contributed by atoms with Gasteiger partial charge in [-0.1, -0.05) is 5.92 Å². The maximum Gasteiger partial charge on any atom is 0.322 e. The Morgan fingerprint density at radius 2 is 2.19 bits per heavy atom. The molecule has 0 fully saturated rings. The van der Waals surface area contributed by atoms with Gasteiger partial charge in [-0.15, -0.1) is 18.0 Å². The van der Waals surface area contributed by atoms with E-state index in [0.29, 0.717) is 17.2 Å². The largest absolute Gasteiger partial charge is 0.447 e. The minimum Gasteiger partial charge on any atom is -0.447 e. The van der Waals surface area contributed by atoms with Crippen molar-refractivity contribution in [3.05, 3.63) is 18.2 Å². The number of halogens is 1. The number of carbonyl (C=O) groups is 1. The van der Waals surface area contributed by atoms with Gasteiger partial charge in [0.05, 0.1) is 11.9 Å². The fourth-order valence-corrected chi connectivity index (χ4v) is 1.90. The van der Waals surface area contributed by atoms with Crippen LogP contribution in [0.25, 0.3) is 0 Å². The molecule has 1 N–H and O–H groups in total. The van der Waals surface area contributed by atoms with Crippen LogP contribution in [-0.4, -0.2) is 35.7 Å². The van der Waals surface area contributed by atoms with Crippen LogP contribution >= 0.6 is 11.6 Å². The van der Waals surface area contributed by atoms with Crippen LogP contribution in [0.5, 0.6) is 11.5 Å². The molecule has 0 saturated heterocycles. The van der Waals surface area contributed by atoms with E-state index in [0.717, 1.165) is 0 Å². The highest BCUT2D eigenvalue weighted by Gasteiger charge is 2.36. The first-order chi connectivity index (χ1) is 9.88. The SMILES string of the molecule is C#CC(C)N(C)C(=O)Nc1ccc2c(c1)OC(C)(CCl)O2. The second kappa shape index (κ2) is 5.74. The smallest absolute Gasteiger partial charge is 0.322 e. The van der Waals surface area contributed by atoms with E-state index >= 15 is 0 Å². The summed E-state index contributed by atoms with van der Waals surface area (Å²) in [7, 11) is 1.64. The minimum absolute atomic E-state index is 0.200. The number of fused-ring (bicyclic) bond motifs is 1. The third-order valence-electron chi connectivity index (χ3n) is 3.23. The van der Waals surface area contributed by atoms with Gasteiger partial charge in [0.1, 0.15) is 0 Å². The molecule has 0 radical (unpaired) electrons. The molecule has 2 rings (SSSR count). The maximum absolute atomic E-state index is 12.0. The van der Waals surface area contributed by atoms with Crippen molar-refractivity contribution < 1.29 is 14.3 Å². The van der Waals surface area contributed by atoms with Crippen LogP contribution in [0.1, 0.15) is 13.8 Å². The van der Waals surface area contributed by atoms with Gasteiger partial charge in [-0.3, -0.25) is 0 Å². The van der Waals surface area contributed by atoms with Gasteiger partial charge < -0.3 is 19.7 Å². The van der Waals surface area contributed by atoms with Crippen LogP contribution in [0, 0.1) is 12.3 Å². The Bertz CT molecular complexity index is 599. The molecule has 1 aliphatic rings. The number of terminal acetylenes is 1. The zero-order valence-corrected chi connectivity index (χ0v) is 12.9. The summed E-state index contributed by atoms with van der Waals surface area (Å²) in [5.74, 6) is 2.97. The first kappa shape index (κ1) is 15.3. The van der Waals surface area contributed by atoms with E-state index in [1.807, 2.05) is 0 Å². The van der Waals surface area contributed by atoms with Crippen molar-refractivity contribution in [3.8, 4) is 23.8 Å². The van der Waals surface area contributed by atoms with Crippen LogP contribution < -0.4 is 14.8 Å². The predicted molar refractivity (Wildman–Crippen MR) is 81.9 cm³/mol. The molecule has 0 bridgehead atoms. The number of hydrogen-bond acceptors (Lipinski definition) is 3. The van der Waals surface area contributed by atoms with Crippen molar-refractivity contribution in [1.29, 1.82) is 0 Å². The Kier molecular flexibility index (Phi) is 4.19. The summed E-state index contributed by atoms with van der Waals surface area (Å²) in [6.45, 7) is 3.52. The molecule has 1 heterocycles. The molecule has 1 aromatic carbocycles. The molecule has 1 aliphatic heterocycles. The third kappa shape index (κ3) is 3.17. The second-order valence-electron chi connectivity index (χ2n) is 5.02. The van der Waals surface area contributed by atoms with Crippen LogP contribution in [0.4, 0.5) is 10.5 Å². The van der Waals surface area contributed by atoms with Gasteiger partial charge in [-0.05, 0) is 19.1 Å². The lowest BCUT2D eigenvalue weighted by molar-refractivity contribution is -0.0396. The van der Waals surface area contributed by atoms with Crippen LogP contribution in [0.2, 0.25) is 0 Å². The molecule has 2 amide bonds. The minimum atomic E-state index is -0.874. The first-order valence-corrected chi connectivity index (χ1v) is 7.00. The monoisotopic (exact) mass is 308 g/mol. The van der Waals surface area contributed by atoms with Crippen molar-refractivity contribution in [1.82, 2.24) is 4.90 Å². The van der Waals surface area contributed by atoms with Crippen LogP contribution in [-0.2, 0) is 0 Å². The number of urea groups is 1. The average molecular weight is 309 g/mol. The van der Waals surface area contributed by atoms with Gasteiger partial charge in [-0.25, -0.2) is 4.79 Å². The van der Waals surface area contributed by atoms with Gasteiger partial charge in [0.25, 0.3) is 5.79 Å². The van der Waals surface area contributed by atoms with Gasteiger partial charge in [-0.2, -0.15) is 0 Å². The summed E-state index contributed by atoms with van der Waals surface area (Å²) >= 11 is 5.81. The molecular formula is C15H17ClN2O3. The summed E-state index contributed by atoms with van der Waals surface area (Å²) in [4.78, 5) is 13.5. The summed E-state index contributed by atoms with van der Waals surface area (Å²) < 4.78 is 11.2. The fraction of sp³-hybridized carbons (Fsp3) is 0.400. The maximum atomic E-state index is 12.0. The summed E-state index contributed by atoms with van der Waals surface area (Å²) in [6.07, 6.45) is 5.30. The molecule has 2 atom stereocenters. The highest BCUT2D eigenvalue weighted by atomic mass is 35.5. The topological polar surface area (TPSA) is 50.8 Å². The van der Waals surface area contributed by atoms with E-state index in [-0.39, 0.29) is 18.0 Å². The molecule has 1 aromatic rings. The van der Waals surface area contributed by atoms with Crippen molar-refractivity contribution >= 4 is 23.3 Å². The Balaban J connectivity index is 2.10. The molecule has 0 aromatic heterocycles. The molecule has 2 unspecified atom stereocenters. The highest BCUT2D eigenvalue weighted by Crippen LogP contribution is 2.41. The van der Waals surface area contributed by atoms with Crippen LogP contribution in [0.15, 0.2) is 18.2 Å². The molecule has 5 nitrogen and oxygen atoms in total.